The number of rotatable bonds is 6. The lowest BCUT2D eigenvalue weighted by Gasteiger charge is -2.13. The van der Waals surface area contributed by atoms with Crippen LogP contribution in [-0.4, -0.2) is 11.5 Å². The lowest BCUT2D eigenvalue weighted by Crippen LogP contribution is -2.07. The summed E-state index contributed by atoms with van der Waals surface area (Å²) in [6, 6.07) is 7.88. The third-order valence-electron chi connectivity index (χ3n) is 3.24. The Morgan fingerprint density at radius 2 is 1.95 bits per heavy atom. The molecule has 112 valence electrons. The van der Waals surface area contributed by atoms with Crippen molar-refractivity contribution in [3.8, 4) is 5.75 Å². The quantitative estimate of drug-likeness (QED) is 0.836. The van der Waals surface area contributed by atoms with Gasteiger partial charge in [0.05, 0.1) is 0 Å². The molecule has 0 radical (unpaired) electrons. The summed E-state index contributed by atoms with van der Waals surface area (Å²) in [5, 5.41) is 4.12. The zero-order valence-electron chi connectivity index (χ0n) is 12.7. The van der Waals surface area contributed by atoms with Gasteiger partial charge in [-0.3, -0.25) is 0 Å². The van der Waals surface area contributed by atoms with E-state index in [0.717, 1.165) is 46.2 Å². The van der Waals surface area contributed by atoms with Crippen LogP contribution >= 0.6 is 11.6 Å². The molecular formula is C17H21ClN2O. The number of ether oxygens (including phenoxy) is 1. The average molecular weight is 305 g/mol. The number of hydrogen-bond donors (Lipinski definition) is 1. The second-order valence-electron chi connectivity index (χ2n) is 5.10. The summed E-state index contributed by atoms with van der Waals surface area (Å²) < 4.78 is 5.89. The number of halogens is 1. The Kier molecular flexibility index (Phi) is 5.45. The van der Waals surface area contributed by atoms with Gasteiger partial charge < -0.3 is 10.1 Å². The Labute approximate surface area is 131 Å². The monoisotopic (exact) mass is 304 g/mol. The van der Waals surface area contributed by atoms with E-state index in [1.165, 1.54) is 0 Å². The highest BCUT2D eigenvalue weighted by Gasteiger charge is 2.06. The van der Waals surface area contributed by atoms with E-state index in [2.05, 4.69) is 17.2 Å². The van der Waals surface area contributed by atoms with E-state index in [4.69, 9.17) is 16.3 Å². The van der Waals surface area contributed by atoms with E-state index in [0.29, 0.717) is 6.61 Å². The normalized spacial score (nSPS) is 10.5. The minimum atomic E-state index is 0.487. The van der Waals surface area contributed by atoms with Crippen LogP contribution in [0.15, 0.2) is 30.5 Å². The molecule has 0 aliphatic heterocycles. The zero-order valence-corrected chi connectivity index (χ0v) is 13.5. The molecule has 3 nitrogen and oxygen atoms in total. The van der Waals surface area contributed by atoms with Gasteiger partial charge in [0.25, 0.3) is 0 Å². The fraction of sp³-hybridized carbons (Fsp3) is 0.353. The van der Waals surface area contributed by atoms with Crippen LogP contribution in [0.4, 0.5) is 5.82 Å². The SMILES string of the molecule is CCCNc1ncccc1COc1cc(C)c(Cl)c(C)c1. The van der Waals surface area contributed by atoms with Crippen molar-refractivity contribution in [1.29, 1.82) is 0 Å². The van der Waals surface area contributed by atoms with Crippen LogP contribution in [0.25, 0.3) is 0 Å². The number of anilines is 1. The predicted octanol–water partition coefficient (Wildman–Crippen LogP) is 4.75. The molecule has 1 aromatic heterocycles. The molecule has 1 aromatic carbocycles. The lowest BCUT2D eigenvalue weighted by atomic mass is 10.1. The maximum absolute atomic E-state index is 6.17. The summed E-state index contributed by atoms with van der Waals surface area (Å²) in [6.07, 6.45) is 2.85. The molecule has 0 saturated carbocycles. The standard InChI is InChI=1S/C17H21ClN2O/c1-4-7-19-17-14(6-5-8-20-17)11-21-15-9-12(2)16(18)13(3)10-15/h5-6,8-10H,4,7,11H2,1-3H3,(H,19,20). The minimum absolute atomic E-state index is 0.487. The van der Waals surface area contributed by atoms with E-state index in [-0.39, 0.29) is 0 Å². The maximum atomic E-state index is 6.17. The number of nitrogens with zero attached hydrogens (tertiary/aromatic N) is 1. The first-order valence-corrected chi connectivity index (χ1v) is 7.57. The van der Waals surface area contributed by atoms with Crippen molar-refractivity contribution in [2.24, 2.45) is 0 Å². The van der Waals surface area contributed by atoms with E-state index in [1.807, 2.05) is 38.1 Å². The molecule has 4 heteroatoms. The third-order valence-corrected chi connectivity index (χ3v) is 3.83. The Bertz CT molecular complexity index is 590. The van der Waals surface area contributed by atoms with Crippen molar-refractivity contribution in [3.63, 3.8) is 0 Å². The molecule has 0 aliphatic rings. The number of benzene rings is 1. The van der Waals surface area contributed by atoms with Gasteiger partial charge in [-0.25, -0.2) is 4.98 Å². The summed E-state index contributed by atoms with van der Waals surface area (Å²) in [7, 11) is 0. The van der Waals surface area contributed by atoms with Crippen LogP contribution in [-0.2, 0) is 6.61 Å². The highest BCUT2D eigenvalue weighted by molar-refractivity contribution is 6.32. The number of aromatic nitrogens is 1. The Balaban J connectivity index is 2.09. The number of hydrogen-bond acceptors (Lipinski definition) is 3. The summed E-state index contributed by atoms with van der Waals surface area (Å²) >= 11 is 6.17. The number of nitrogens with one attached hydrogen (secondary N) is 1. The van der Waals surface area contributed by atoms with E-state index in [1.54, 1.807) is 6.20 Å². The molecule has 21 heavy (non-hydrogen) atoms. The largest absolute Gasteiger partial charge is 0.489 e. The molecule has 0 spiro atoms. The minimum Gasteiger partial charge on any atom is -0.489 e. The van der Waals surface area contributed by atoms with E-state index >= 15 is 0 Å². The van der Waals surface area contributed by atoms with Gasteiger partial charge in [-0.15, -0.1) is 0 Å². The molecule has 1 heterocycles. The summed E-state index contributed by atoms with van der Waals surface area (Å²) in [6.45, 7) is 7.50. The Morgan fingerprint density at radius 3 is 2.62 bits per heavy atom. The van der Waals surface area contributed by atoms with E-state index in [9.17, 15) is 0 Å². The lowest BCUT2D eigenvalue weighted by molar-refractivity contribution is 0.306. The maximum Gasteiger partial charge on any atom is 0.132 e. The molecule has 0 fully saturated rings. The van der Waals surface area contributed by atoms with Gasteiger partial charge >= 0.3 is 0 Å². The van der Waals surface area contributed by atoms with E-state index < -0.39 is 0 Å². The fourth-order valence-electron chi connectivity index (χ4n) is 2.11. The second-order valence-corrected chi connectivity index (χ2v) is 5.48. The highest BCUT2D eigenvalue weighted by Crippen LogP contribution is 2.26. The zero-order chi connectivity index (χ0) is 15.2. The van der Waals surface area contributed by atoms with Crippen molar-refractivity contribution in [2.75, 3.05) is 11.9 Å². The molecular weight excluding hydrogens is 284 g/mol. The van der Waals surface area contributed by atoms with Crippen molar-refractivity contribution in [3.05, 3.63) is 52.2 Å². The van der Waals surface area contributed by atoms with Crippen LogP contribution in [0.1, 0.15) is 30.0 Å². The highest BCUT2D eigenvalue weighted by atomic mass is 35.5. The third kappa shape index (κ3) is 4.11. The van der Waals surface area contributed by atoms with Crippen LogP contribution in [0.3, 0.4) is 0 Å². The topological polar surface area (TPSA) is 34.2 Å². The summed E-state index contributed by atoms with van der Waals surface area (Å²) in [5.41, 5.74) is 3.11. The van der Waals surface area contributed by atoms with Gasteiger partial charge in [0.15, 0.2) is 0 Å². The summed E-state index contributed by atoms with van der Waals surface area (Å²) in [5.74, 6) is 1.72. The second kappa shape index (κ2) is 7.32. The van der Waals surface area contributed by atoms with Crippen LogP contribution in [0.5, 0.6) is 5.75 Å². The molecule has 0 unspecified atom stereocenters. The molecule has 0 aliphatic carbocycles. The van der Waals surface area contributed by atoms with Crippen LogP contribution in [0.2, 0.25) is 5.02 Å². The molecule has 0 atom stereocenters. The smallest absolute Gasteiger partial charge is 0.132 e. The van der Waals surface area contributed by atoms with Gasteiger partial charge in [0.1, 0.15) is 18.2 Å². The predicted molar refractivity (Wildman–Crippen MR) is 88.3 cm³/mol. The molecule has 1 N–H and O–H groups in total. The van der Waals surface area contributed by atoms with Gasteiger partial charge in [0, 0.05) is 23.3 Å². The average Bonchev–Trinajstić information content (AvgIpc) is 2.49. The Morgan fingerprint density at radius 1 is 1.24 bits per heavy atom. The molecule has 0 saturated heterocycles. The van der Waals surface area contributed by atoms with Crippen LogP contribution in [0, 0.1) is 13.8 Å². The number of aryl methyl sites for hydroxylation is 2. The Hall–Kier alpha value is -1.74. The summed E-state index contributed by atoms with van der Waals surface area (Å²) in [4.78, 5) is 4.37. The van der Waals surface area contributed by atoms with Gasteiger partial charge in [-0.2, -0.15) is 0 Å². The van der Waals surface area contributed by atoms with Gasteiger partial charge in [0.2, 0.25) is 0 Å². The number of pyridine rings is 1. The van der Waals surface area contributed by atoms with Crippen molar-refractivity contribution in [1.82, 2.24) is 4.98 Å². The van der Waals surface area contributed by atoms with Crippen LogP contribution < -0.4 is 10.1 Å². The molecule has 2 aromatic rings. The fourth-order valence-corrected chi connectivity index (χ4v) is 2.22. The molecule has 0 bridgehead atoms. The first-order valence-electron chi connectivity index (χ1n) is 7.19. The van der Waals surface area contributed by atoms with Crippen molar-refractivity contribution < 1.29 is 4.74 Å². The van der Waals surface area contributed by atoms with Crippen molar-refractivity contribution in [2.45, 2.75) is 33.8 Å². The first kappa shape index (κ1) is 15.6. The molecule has 0 amide bonds. The van der Waals surface area contributed by atoms with Gasteiger partial charge in [-0.05, 0) is 49.6 Å². The molecule has 2 rings (SSSR count). The van der Waals surface area contributed by atoms with Gasteiger partial charge in [-0.1, -0.05) is 24.6 Å². The first-order chi connectivity index (χ1) is 10.1. The van der Waals surface area contributed by atoms with Crippen molar-refractivity contribution >= 4 is 17.4 Å².